The zero-order valence-electron chi connectivity index (χ0n) is 9.60. The van der Waals surface area contributed by atoms with Crippen LogP contribution in [0.1, 0.15) is 19.5 Å². The molecule has 1 atom stereocenters. The Labute approximate surface area is 97.5 Å². The lowest BCUT2D eigenvalue weighted by molar-refractivity contribution is 0.225. The summed E-state index contributed by atoms with van der Waals surface area (Å²) in [4.78, 5) is 4.18. The number of pyridine rings is 1. The molecule has 3 heteroatoms. The highest BCUT2D eigenvalue weighted by Gasteiger charge is 2.12. The molecule has 0 saturated carbocycles. The summed E-state index contributed by atoms with van der Waals surface area (Å²) in [6, 6.07) is 3.85. The second-order valence-corrected chi connectivity index (χ2v) is 4.45. The molecule has 84 valence electrons. The van der Waals surface area contributed by atoms with Crippen molar-refractivity contribution >= 4 is 12.6 Å². The first-order valence-electron chi connectivity index (χ1n) is 5.30. The molecule has 1 rings (SSSR count). The first-order valence-corrected chi connectivity index (χ1v) is 5.93. The Morgan fingerprint density at radius 1 is 1.47 bits per heavy atom. The Morgan fingerprint density at radius 2 is 2.20 bits per heavy atom. The van der Waals surface area contributed by atoms with E-state index in [1.54, 1.807) is 6.20 Å². The summed E-state index contributed by atoms with van der Waals surface area (Å²) in [6.07, 6.45) is 1.78. The minimum absolute atomic E-state index is 0.493. The maximum atomic E-state index is 5.74. The second-order valence-electron chi connectivity index (χ2n) is 4.08. The Balaban J connectivity index is 2.53. The molecule has 0 amide bonds. The summed E-state index contributed by atoms with van der Waals surface area (Å²) in [7, 11) is 0. The Hall–Kier alpha value is -0.700. The third-order valence-corrected chi connectivity index (χ3v) is 3.06. The SMILES string of the molecule is Cc1ncccc1OCC(CS)C(C)C. The van der Waals surface area contributed by atoms with Gasteiger partial charge >= 0.3 is 0 Å². The fraction of sp³-hybridized carbons (Fsp3) is 0.583. The van der Waals surface area contributed by atoms with Crippen molar-refractivity contribution in [3.63, 3.8) is 0 Å². The van der Waals surface area contributed by atoms with Crippen molar-refractivity contribution in [3.8, 4) is 5.75 Å². The van der Waals surface area contributed by atoms with E-state index in [9.17, 15) is 0 Å². The van der Waals surface area contributed by atoms with Crippen LogP contribution >= 0.6 is 12.6 Å². The van der Waals surface area contributed by atoms with Gasteiger partial charge in [-0.1, -0.05) is 13.8 Å². The lowest BCUT2D eigenvalue weighted by Gasteiger charge is -2.19. The fourth-order valence-electron chi connectivity index (χ4n) is 1.27. The van der Waals surface area contributed by atoms with E-state index in [0.717, 1.165) is 17.2 Å². The third kappa shape index (κ3) is 3.74. The Kier molecular flexibility index (Phi) is 4.95. The van der Waals surface area contributed by atoms with Crippen LogP contribution < -0.4 is 4.74 Å². The highest BCUT2D eigenvalue weighted by molar-refractivity contribution is 7.80. The normalized spacial score (nSPS) is 12.9. The number of aryl methyl sites for hydroxylation is 1. The molecule has 0 spiro atoms. The van der Waals surface area contributed by atoms with Crippen LogP contribution in [0, 0.1) is 18.8 Å². The zero-order chi connectivity index (χ0) is 11.3. The van der Waals surface area contributed by atoms with Crippen molar-refractivity contribution in [2.75, 3.05) is 12.4 Å². The van der Waals surface area contributed by atoms with Crippen molar-refractivity contribution in [1.82, 2.24) is 4.98 Å². The standard InChI is InChI=1S/C12H19NOS/c1-9(2)11(8-15)7-14-12-5-4-6-13-10(12)3/h4-6,9,11,15H,7-8H2,1-3H3. The van der Waals surface area contributed by atoms with Gasteiger partial charge in [0.1, 0.15) is 5.75 Å². The van der Waals surface area contributed by atoms with Crippen LogP contribution in [0.2, 0.25) is 0 Å². The van der Waals surface area contributed by atoms with Gasteiger partial charge in [0.15, 0.2) is 0 Å². The largest absolute Gasteiger partial charge is 0.491 e. The van der Waals surface area contributed by atoms with E-state index >= 15 is 0 Å². The summed E-state index contributed by atoms with van der Waals surface area (Å²) >= 11 is 4.33. The number of thiol groups is 1. The number of aromatic nitrogens is 1. The summed E-state index contributed by atoms with van der Waals surface area (Å²) < 4.78 is 5.74. The van der Waals surface area contributed by atoms with Crippen LogP contribution in [-0.2, 0) is 0 Å². The van der Waals surface area contributed by atoms with E-state index < -0.39 is 0 Å². The summed E-state index contributed by atoms with van der Waals surface area (Å²) in [6.45, 7) is 7.06. The highest BCUT2D eigenvalue weighted by atomic mass is 32.1. The van der Waals surface area contributed by atoms with Gasteiger partial charge in [0.05, 0.1) is 12.3 Å². The van der Waals surface area contributed by atoms with Crippen molar-refractivity contribution in [1.29, 1.82) is 0 Å². The molecule has 15 heavy (non-hydrogen) atoms. The summed E-state index contributed by atoms with van der Waals surface area (Å²) in [5.41, 5.74) is 0.944. The third-order valence-electron chi connectivity index (χ3n) is 2.59. The van der Waals surface area contributed by atoms with Gasteiger partial charge in [-0.3, -0.25) is 4.98 Å². The second kappa shape index (κ2) is 6.01. The minimum Gasteiger partial charge on any atom is -0.491 e. The van der Waals surface area contributed by atoms with Crippen molar-refractivity contribution in [2.45, 2.75) is 20.8 Å². The van der Waals surface area contributed by atoms with Crippen molar-refractivity contribution in [3.05, 3.63) is 24.0 Å². The van der Waals surface area contributed by atoms with Crippen LogP contribution in [0.15, 0.2) is 18.3 Å². The van der Waals surface area contributed by atoms with Gasteiger partial charge in [0.2, 0.25) is 0 Å². The molecule has 1 aromatic rings. The van der Waals surface area contributed by atoms with E-state index in [4.69, 9.17) is 4.74 Å². The zero-order valence-corrected chi connectivity index (χ0v) is 10.5. The molecule has 0 aromatic carbocycles. The molecule has 1 unspecified atom stereocenters. The average molecular weight is 225 g/mol. The first kappa shape index (κ1) is 12.4. The van der Waals surface area contributed by atoms with Gasteiger partial charge in [0, 0.05) is 12.1 Å². The smallest absolute Gasteiger partial charge is 0.140 e. The van der Waals surface area contributed by atoms with Crippen LogP contribution in [0.25, 0.3) is 0 Å². The number of rotatable bonds is 5. The van der Waals surface area contributed by atoms with Crippen molar-refractivity contribution in [2.24, 2.45) is 11.8 Å². The lowest BCUT2D eigenvalue weighted by atomic mass is 9.99. The molecule has 0 saturated heterocycles. The Morgan fingerprint density at radius 3 is 2.73 bits per heavy atom. The molecule has 0 aliphatic carbocycles. The van der Waals surface area contributed by atoms with E-state index in [1.165, 1.54) is 0 Å². The van der Waals surface area contributed by atoms with E-state index in [1.807, 2.05) is 19.1 Å². The molecule has 0 aliphatic heterocycles. The number of nitrogens with zero attached hydrogens (tertiary/aromatic N) is 1. The van der Waals surface area contributed by atoms with Gasteiger partial charge in [-0.25, -0.2) is 0 Å². The van der Waals surface area contributed by atoms with E-state index in [0.29, 0.717) is 18.4 Å². The van der Waals surface area contributed by atoms with E-state index in [2.05, 4.69) is 31.5 Å². The van der Waals surface area contributed by atoms with Gasteiger partial charge in [0.25, 0.3) is 0 Å². The molecule has 0 fully saturated rings. The van der Waals surface area contributed by atoms with Crippen LogP contribution in [0.3, 0.4) is 0 Å². The molecule has 0 aliphatic rings. The number of hydrogen-bond acceptors (Lipinski definition) is 3. The number of hydrogen-bond donors (Lipinski definition) is 1. The van der Waals surface area contributed by atoms with Crippen LogP contribution in [0.5, 0.6) is 5.75 Å². The van der Waals surface area contributed by atoms with Gasteiger partial charge in [-0.15, -0.1) is 0 Å². The predicted octanol–water partition coefficient (Wildman–Crippen LogP) is 2.97. The molecular weight excluding hydrogens is 206 g/mol. The maximum Gasteiger partial charge on any atom is 0.140 e. The first-order chi connectivity index (χ1) is 7.15. The molecule has 0 bridgehead atoms. The van der Waals surface area contributed by atoms with Crippen molar-refractivity contribution < 1.29 is 4.74 Å². The Bertz CT molecular complexity index is 301. The molecule has 0 radical (unpaired) electrons. The number of ether oxygens (including phenoxy) is 1. The highest BCUT2D eigenvalue weighted by Crippen LogP contribution is 2.18. The topological polar surface area (TPSA) is 22.1 Å². The van der Waals surface area contributed by atoms with Crippen LogP contribution in [0.4, 0.5) is 0 Å². The monoisotopic (exact) mass is 225 g/mol. The van der Waals surface area contributed by atoms with Gasteiger partial charge in [-0.2, -0.15) is 12.6 Å². The summed E-state index contributed by atoms with van der Waals surface area (Å²) in [5, 5.41) is 0. The van der Waals surface area contributed by atoms with Crippen LogP contribution in [-0.4, -0.2) is 17.3 Å². The molecule has 0 N–H and O–H groups in total. The predicted molar refractivity (Wildman–Crippen MR) is 66.7 cm³/mol. The van der Waals surface area contributed by atoms with E-state index in [-0.39, 0.29) is 0 Å². The quantitative estimate of drug-likeness (QED) is 0.778. The fourth-order valence-corrected chi connectivity index (χ4v) is 1.80. The molecular formula is C12H19NOS. The summed E-state index contributed by atoms with van der Waals surface area (Å²) in [5.74, 6) is 2.83. The minimum atomic E-state index is 0.493. The van der Waals surface area contributed by atoms with Gasteiger partial charge in [-0.05, 0) is 30.7 Å². The van der Waals surface area contributed by atoms with Gasteiger partial charge < -0.3 is 4.74 Å². The molecule has 2 nitrogen and oxygen atoms in total. The molecule has 1 aromatic heterocycles. The average Bonchev–Trinajstić information content (AvgIpc) is 2.21. The molecule has 1 heterocycles. The maximum absolute atomic E-state index is 5.74. The lowest BCUT2D eigenvalue weighted by Crippen LogP contribution is -2.19.